The van der Waals surface area contributed by atoms with E-state index < -0.39 is 0 Å². The second kappa shape index (κ2) is 4.98. The van der Waals surface area contributed by atoms with Gasteiger partial charge in [0.15, 0.2) is 0 Å². The van der Waals surface area contributed by atoms with Gasteiger partial charge in [-0.3, -0.25) is 4.68 Å². The lowest BCUT2D eigenvalue weighted by molar-refractivity contribution is 0.756. The Bertz CT molecular complexity index is 514. The number of aromatic nitrogens is 2. The summed E-state index contributed by atoms with van der Waals surface area (Å²) < 4.78 is 1.77. The molecule has 0 atom stereocenters. The van der Waals surface area contributed by atoms with Crippen molar-refractivity contribution in [1.29, 1.82) is 0 Å². The summed E-state index contributed by atoms with van der Waals surface area (Å²) in [4.78, 5) is 0. The molecule has 0 saturated carbocycles. The summed E-state index contributed by atoms with van der Waals surface area (Å²) in [7, 11) is 1.89. The summed E-state index contributed by atoms with van der Waals surface area (Å²) >= 11 is 12.2. The molecule has 0 bridgehead atoms. The Hall–Kier alpha value is -1.19. The second-order valence-electron chi connectivity index (χ2n) is 3.86. The van der Waals surface area contributed by atoms with E-state index in [1.54, 1.807) is 4.68 Å². The zero-order valence-electron chi connectivity index (χ0n) is 9.67. The van der Waals surface area contributed by atoms with Crippen LogP contribution in [0.15, 0.2) is 24.4 Å². The van der Waals surface area contributed by atoms with E-state index in [0.717, 1.165) is 16.9 Å². The van der Waals surface area contributed by atoms with Crippen molar-refractivity contribution in [2.45, 2.75) is 13.5 Å². The minimum absolute atomic E-state index is 0.588. The predicted molar refractivity (Wildman–Crippen MR) is 71.7 cm³/mol. The maximum atomic E-state index is 6.10. The molecule has 90 valence electrons. The molecule has 0 fully saturated rings. The van der Waals surface area contributed by atoms with E-state index in [1.165, 1.54) is 0 Å². The predicted octanol–water partition coefficient (Wildman–Crippen LogP) is 3.65. The van der Waals surface area contributed by atoms with Gasteiger partial charge in [-0.1, -0.05) is 29.3 Å². The van der Waals surface area contributed by atoms with Crippen LogP contribution in [-0.2, 0) is 13.6 Å². The molecule has 2 rings (SSSR count). The maximum absolute atomic E-state index is 6.10. The van der Waals surface area contributed by atoms with Gasteiger partial charge in [0.05, 0.1) is 11.4 Å². The molecule has 1 N–H and O–H groups in total. The topological polar surface area (TPSA) is 29.9 Å². The minimum Gasteiger partial charge on any atom is -0.378 e. The van der Waals surface area contributed by atoms with Crippen LogP contribution in [0, 0.1) is 6.92 Å². The van der Waals surface area contributed by atoms with E-state index in [1.807, 2.05) is 38.4 Å². The summed E-state index contributed by atoms with van der Waals surface area (Å²) in [6.45, 7) is 2.54. The van der Waals surface area contributed by atoms with Gasteiger partial charge < -0.3 is 5.32 Å². The van der Waals surface area contributed by atoms with Gasteiger partial charge in [-0.25, -0.2) is 0 Å². The number of nitrogens with one attached hydrogen (secondary N) is 1. The summed E-state index contributed by atoms with van der Waals surface area (Å²) in [6, 6.07) is 5.50. The van der Waals surface area contributed by atoms with Crippen molar-refractivity contribution in [3.05, 3.63) is 45.7 Å². The van der Waals surface area contributed by atoms with Gasteiger partial charge in [0.1, 0.15) is 0 Å². The van der Waals surface area contributed by atoms with Crippen molar-refractivity contribution < 1.29 is 0 Å². The summed E-state index contributed by atoms with van der Waals surface area (Å²) in [5, 5.41) is 8.88. The van der Waals surface area contributed by atoms with Crippen LogP contribution in [0.4, 0.5) is 5.69 Å². The van der Waals surface area contributed by atoms with Gasteiger partial charge >= 0.3 is 0 Å². The first-order valence-electron chi connectivity index (χ1n) is 5.25. The smallest absolute Gasteiger partial charge is 0.0825 e. The van der Waals surface area contributed by atoms with Gasteiger partial charge in [-0.05, 0) is 19.1 Å². The first-order chi connectivity index (χ1) is 8.08. The molecule has 0 radical (unpaired) electrons. The van der Waals surface area contributed by atoms with E-state index in [4.69, 9.17) is 23.2 Å². The van der Waals surface area contributed by atoms with Crippen LogP contribution < -0.4 is 5.32 Å². The zero-order chi connectivity index (χ0) is 12.4. The Morgan fingerprint density at radius 2 is 1.94 bits per heavy atom. The Balaban J connectivity index is 2.15. The number of hydrogen-bond donors (Lipinski definition) is 1. The Morgan fingerprint density at radius 3 is 2.47 bits per heavy atom. The first kappa shape index (κ1) is 12.3. The van der Waals surface area contributed by atoms with Crippen molar-refractivity contribution in [2.75, 3.05) is 5.32 Å². The zero-order valence-corrected chi connectivity index (χ0v) is 11.2. The van der Waals surface area contributed by atoms with Crippen LogP contribution in [0.3, 0.4) is 0 Å². The molecule has 0 saturated heterocycles. The quantitative estimate of drug-likeness (QED) is 0.922. The van der Waals surface area contributed by atoms with Crippen molar-refractivity contribution in [1.82, 2.24) is 9.78 Å². The van der Waals surface area contributed by atoms with E-state index in [0.29, 0.717) is 16.6 Å². The average Bonchev–Trinajstić information content (AvgIpc) is 2.57. The molecule has 1 aromatic heterocycles. The van der Waals surface area contributed by atoms with Gasteiger partial charge in [-0.2, -0.15) is 5.10 Å². The monoisotopic (exact) mass is 269 g/mol. The molecule has 1 heterocycles. The molecular formula is C12H13Cl2N3. The molecule has 2 aromatic rings. The van der Waals surface area contributed by atoms with Crippen LogP contribution in [0.1, 0.15) is 11.3 Å². The van der Waals surface area contributed by atoms with Gasteiger partial charge in [-0.15, -0.1) is 0 Å². The molecule has 0 aliphatic carbocycles. The number of rotatable bonds is 3. The lowest BCUT2D eigenvalue weighted by Gasteiger charge is -2.08. The molecule has 0 unspecified atom stereocenters. The van der Waals surface area contributed by atoms with E-state index in [2.05, 4.69) is 10.4 Å². The minimum atomic E-state index is 0.588. The third-order valence-corrected chi connectivity index (χ3v) is 3.24. The molecule has 3 nitrogen and oxygen atoms in total. The lowest BCUT2D eigenvalue weighted by Crippen LogP contribution is -2.01. The molecule has 0 aliphatic heterocycles. The number of aryl methyl sites for hydroxylation is 2. The Kier molecular flexibility index (Phi) is 3.60. The highest BCUT2D eigenvalue weighted by atomic mass is 35.5. The third kappa shape index (κ3) is 2.73. The maximum Gasteiger partial charge on any atom is 0.0825 e. The number of hydrogen-bond acceptors (Lipinski definition) is 2. The van der Waals surface area contributed by atoms with Crippen molar-refractivity contribution in [3.8, 4) is 0 Å². The molecule has 0 amide bonds. The molecular weight excluding hydrogens is 257 g/mol. The molecule has 17 heavy (non-hydrogen) atoms. The largest absolute Gasteiger partial charge is 0.378 e. The van der Waals surface area contributed by atoms with Gasteiger partial charge in [0, 0.05) is 35.4 Å². The fourth-order valence-electron chi connectivity index (χ4n) is 1.66. The number of anilines is 1. The molecule has 0 spiro atoms. The summed E-state index contributed by atoms with van der Waals surface area (Å²) in [5.41, 5.74) is 2.85. The van der Waals surface area contributed by atoms with Crippen molar-refractivity contribution in [2.24, 2.45) is 7.05 Å². The average molecular weight is 270 g/mol. The molecule has 0 aliphatic rings. The lowest BCUT2D eigenvalue weighted by atomic mass is 10.2. The van der Waals surface area contributed by atoms with Crippen LogP contribution >= 0.6 is 23.2 Å². The number of benzene rings is 1. The normalized spacial score (nSPS) is 10.6. The fourth-order valence-corrected chi connectivity index (χ4v) is 2.19. The number of nitrogens with zero attached hydrogens (tertiary/aromatic N) is 2. The van der Waals surface area contributed by atoms with E-state index in [9.17, 15) is 0 Å². The van der Waals surface area contributed by atoms with E-state index >= 15 is 0 Å². The highest BCUT2D eigenvalue weighted by Crippen LogP contribution is 2.25. The van der Waals surface area contributed by atoms with E-state index in [-0.39, 0.29) is 0 Å². The highest BCUT2D eigenvalue weighted by Gasteiger charge is 2.07. The second-order valence-corrected chi connectivity index (χ2v) is 4.67. The van der Waals surface area contributed by atoms with Crippen molar-refractivity contribution >= 4 is 28.9 Å². The third-order valence-electron chi connectivity index (χ3n) is 2.53. The Labute approximate surface area is 110 Å². The molecule has 5 heteroatoms. The van der Waals surface area contributed by atoms with Crippen LogP contribution in [-0.4, -0.2) is 9.78 Å². The fraction of sp³-hybridized carbons (Fsp3) is 0.250. The van der Waals surface area contributed by atoms with Crippen LogP contribution in [0.25, 0.3) is 0 Å². The van der Waals surface area contributed by atoms with Crippen LogP contribution in [0.2, 0.25) is 10.0 Å². The molecule has 1 aromatic carbocycles. The highest BCUT2D eigenvalue weighted by molar-refractivity contribution is 6.36. The Morgan fingerprint density at radius 1 is 1.29 bits per heavy atom. The SMILES string of the molecule is Cc1nn(C)cc1NCc1c(Cl)cccc1Cl. The summed E-state index contributed by atoms with van der Waals surface area (Å²) in [5.74, 6) is 0. The van der Waals surface area contributed by atoms with Gasteiger partial charge in [0.2, 0.25) is 0 Å². The standard InChI is InChI=1S/C12H13Cl2N3/c1-8-12(7-17(2)16-8)15-6-9-10(13)4-3-5-11(9)14/h3-5,7,15H,6H2,1-2H3. The number of halogens is 2. The van der Waals surface area contributed by atoms with Crippen LogP contribution in [0.5, 0.6) is 0 Å². The van der Waals surface area contributed by atoms with Gasteiger partial charge in [0.25, 0.3) is 0 Å². The first-order valence-corrected chi connectivity index (χ1v) is 6.00. The van der Waals surface area contributed by atoms with Crippen molar-refractivity contribution in [3.63, 3.8) is 0 Å². The summed E-state index contributed by atoms with van der Waals surface area (Å²) in [6.07, 6.45) is 1.93.